The minimum absolute atomic E-state index is 0.136. The normalized spacial score (nSPS) is 10.2. The molecule has 0 spiro atoms. The molecule has 0 saturated heterocycles. The van der Waals surface area contributed by atoms with E-state index < -0.39 is 0 Å². The quantitative estimate of drug-likeness (QED) is 0.919. The number of aromatic nitrogens is 4. The van der Waals surface area contributed by atoms with Crippen molar-refractivity contribution in [2.45, 2.75) is 6.54 Å². The largest absolute Gasteiger partial charge is 0.300 e. The number of amides is 1. The third-order valence-corrected chi connectivity index (χ3v) is 2.89. The predicted molar refractivity (Wildman–Crippen MR) is 58.5 cm³/mol. The van der Waals surface area contributed by atoms with E-state index in [0.717, 1.165) is 3.79 Å². The second kappa shape index (κ2) is 4.49. The fourth-order valence-corrected chi connectivity index (χ4v) is 2.06. The van der Waals surface area contributed by atoms with Crippen LogP contribution in [0.25, 0.3) is 0 Å². The Labute approximate surface area is 97.5 Å². The third-order valence-electron chi connectivity index (χ3n) is 1.50. The Balaban J connectivity index is 1.93. The van der Waals surface area contributed by atoms with E-state index in [-0.39, 0.29) is 12.5 Å². The average molecular weight is 288 g/mol. The molecule has 78 valence electrons. The van der Waals surface area contributed by atoms with Crippen LogP contribution in [0, 0.1) is 0 Å². The maximum absolute atomic E-state index is 11.4. The van der Waals surface area contributed by atoms with Gasteiger partial charge in [-0.2, -0.15) is 5.10 Å². The average Bonchev–Trinajstić information content (AvgIpc) is 2.77. The fraction of sp³-hybridized carbons (Fsp3) is 0.143. The molecule has 15 heavy (non-hydrogen) atoms. The number of nitrogens with one attached hydrogen (secondary N) is 1. The Morgan fingerprint density at radius 3 is 3.13 bits per heavy atom. The summed E-state index contributed by atoms with van der Waals surface area (Å²) < 4.78 is 2.32. The van der Waals surface area contributed by atoms with Crippen LogP contribution >= 0.6 is 27.3 Å². The Kier molecular flexibility index (Phi) is 3.07. The summed E-state index contributed by atoms with van der Waals surface area (Å²) in [5.74, 6) is -0.178. The molecule has 0 unspecified atom stereocenters. The van der Waals surface area contributed by atoms with Crippen molar-refractivity contribution in [3.8, 4) is 0 Å². The summed E-state index contributed by atoms with van der Waals surface area (Å²) in [6, 6.07) is 0. The molecule has 2 aromatic rings. The van der Waals surface area contributed by atoms with Crippen LogP contribution in [0.15, 0.2) is 22.6 Å². The summed E-state index contributed by atoms with van der Waals surface area (Å²) in [6.45, 7) is 0.136. The highest BCUT2D eigenvalue weighted by molar-refractivity contribution is 9.11. The molecule has 1 N–H and O–H groups in total. The molecule has 8 heteroatoms. The molecule has 0 aliphatic rings. The minimum Gasteiger partial charge on any atom is -0.300 e. The van der Waals surface area contributed by atoms with Crippen LogP contribution in [0.4, 0.5) is 5.13 Å². The Morgan fingerprint density at radius 1 is 1.67 bits per heavy atom. The van der Waals surface area contributed by atoms with Gasteiger partial charge in [-0.15, -0.1) is 0 Å². The van der Waals surface area contributed by atoms with Crippen LogP contribution < -0.4 is 5.32 Å². The highest BCUT2D eigenvalue weighted by Crippen LogP contribution is 2.22. The van der Waals surface area contributed by atoms with Gasteiger partial charge in [0.2, 0.25) is 5.91 Å². The lowest BCUT2D eigenvalue weighted by atomic mass is 10.6. The zero-order valence-electron chi connectivity index (χ0n) is 7.42. The van der Waals surface area contributed by atoms with E-state index >= 15 is 0 Å². The highest BCUT2D eigenvalue weighted by atomic mass is 79.9. The number of halogens is 1. The molecule has 2 heterocycles. The van der Waals surface area contributed by atoms with Crippen LogP contribution in [0.1, 0.15) is 0 Å². The molecule has 0 bridgehead atoms. The fourth-order valence-electron chi connectivity index (χ4n) is 0.933. The van der Waals surface area contributed by atoms with Crippen LogP contribution in [-0.2, 0) is 11.3 Å². The summed E-state index contributed by atoms with van der Waals surface area (Å²) >= 11 is 4.62. The van der Waals surface area contributed by atoms with Crippen LogP contribution in [0.5, 0.6) is 0 Å². The number of hydrogen-bond donors (Lipinski definition) is 1. The standard InChI is InChI=1S/C7H6BrN5OS/c8-5-1-10-7(15-5)12-6(14)2-13-4-9-3-11-13/h1,3-4H,2H2,(H,10,12,14). The molecule has 2 rings (SSSR count). The zero-order chi connectivity index (χ0) is 10.7. The van der Waals surface area contributed by atoms with Gasteiger partial charge in [-0.25, -0.2) is 14.6 Å². The lowest BCUT2D eigenvalue weighted by Crippen LogP contribution is -2.18. The SMILES string of the molecule is O=C(Cn1cncn1)Nc1ncc(Br)s1. The molecular weight excluding hydrogens is 282 g/mol. The lowest BCUT2D eigenvalue weighted by Gasteiger charge is -2.00. The Bertz CT molecular complexity index is 454. The van der Waals surface area contributed by atoms with E-state index in [4.69, 9.17) is 0 Å². The molecule has 0 aromatic carbocycles. The second-order valence-electron chi connectivity index (χ2n) is 2.61. The topological polar surface area (TPSA) is 72.7 Å². The molecule has 0 radical (unpaired) electrons. The van der Waals surface area contributed by atoms with Gasteiger partial charge in [0.05, 0.1) is 9.98 Å². The summed E-state index contributed by atoms with van der Waals surface area (Å²) in [5, 5.41) is 7.03. The molecule has 1 amide bonds. The second-order valence-corrected chi connectivity index (χ2v) is 5.02. The van der Waals surface area contributed by atoms with E-state index in [1.807, 2.05) is 0 Å². The van der Waals surface area contributed by atoms with Crippen molar-refractivity contribution in [3.05, 3.63) is 22.6 Å². The van der Waals surface area contributed by atoms with Gasteiger partial charge in [-0.05, 0) is 15.9 Å². The Hall–Kier alpha value is -1.28. The molecule has 0 aliphatic carbocycles. The van der Waals surface area contributed by atoms with Crippen molar-refractivity contribution < 1.29 is 4.79 Å². The van der Waals surface area contributed by atoms with Crippen LogP contribution in [-0.4, -0.2) is 25.7 Å². The molecule has 6 nitrogen and oxygen atoms in total. The van der Waals surface area contributed by atoms with Crippen molar-refractivity contribution in [1.29, 1.82) is 0 Å². The van der Waals surface area contributed by atoms with Gasteiger partial charge in [0, 0.05) is 0 Å². The maximum Gasteiger partial charge on any atom is 0.247 e. The van der Waals surface area contributed by atoms with E-state index in [0.29, 0.717) is 5.13 Å². The van der Waals surface area contributed by atoms with Gasteiger partial charge in [0.15, 0.2) is 5.13 Å². The van der Waals surface area contributed by atoms with E-state index in [1.54, 1.807) is 6.20 Å². The van der Waals surface area contributed by atoms with Gasteiger partial charge in [-0.3, -0.25) is 4.79 Å². The van der Waals surface area contributed by atoms with Crippen molar-refractivity contribution in [2.75, 3.05) is 5.32 Å². The van der Waals surface area contributed by atoms with Crippen molar-refractivity contribution in [3.63, 3.8) is 0 Å². The number of carbonyl (C=O) groups excluding carboxylic acids is 1. The van der Waals surface area contributed by atoms with Crippen LogP contribution in [0.3, 0.4) is 0 Å². The van der Waals surface area contributed by atoms with E-state index in [2.05, 4.69) is 36.3 Å². The van der Waals surface area contributed by atoms with Crippen molar-refractivity contribution >= 4 is 38.3 Å². The molecule has 0 fully saturated rings. The summed E-state index contributed by atoms with van der Waals surface area (Å²) in [6.07, 6.45) is 4.50. The Morgan fingerprint density at radius 2 is 2.53 bits per heavy atom. The zero-order valence-corrected chi connectivity index (χ0v) is 9.82. The van der Waals surface area contributed by atoms with Gasteiger partial charge < -0.3 is 5.32 Å². The van der Waals surface area contributed by atoms with Gasteiger partial charge >= 0.3 is 0 Å². The molecule has 0 saturated carbocycles. The summed E-state index contributed by atoms with van der Waals surface area (Å²) in [7, 11) is 0. The highest BCUT2D eigenvalue weighted by Gasteiger charge is 2.06. The van der Waals surface area contributed by atoms with E-state index in [9.17, 15) is 4.79 Å². The number of carbonyl (C=O) groups is 1. The lowest BCUT2D eigenvalue weighted by molar-refractivity contribution is -0.116. The number of hydrogen-bond acceptors (Lipinski definition) is 5. The first kappa shape index (κ1) is 10.2. The van der Waals surface area contributed by atoms with Crippen molar-refractivity contribution in [2.24, 2.45) is 0 Å². The predicted octanol–water partition coefficient (Wildman–Crippen LogP) is 1.14. The first-order chi connectivity index (χ1) is 7.24. The first-order valence-corrected chi connectivity index (χ1v) is 5.58. The first-order valence-electron chi connectivity index (χ1n) is 3.97. The van der Waals surface area contributed by atoms with Gasteiger partial charge in [0.25, 0.3) is 0 Å². The molecule has 0 atom stereocenters. The maximum atomic E-state index is 11.4. The van der Waals surface area contributed by atoms with E-state index in [1.165, 1.54) is 28.7 Å². The monoisotopic (exact) mass is 287 g/mol. The third kappa shape index (κ3) is 2.83. The minimum atomic E-state index is -0.178. The van der Waals surface area contributed by atoms with Gasteiger partial charge in [0.1, 0.15) is 19.2 Å². The molecule has 2 aromatic heterocycles. The smallest absolute Gasteiger partial charge is 0.247 e. The number of nitrogens with zero attached hydrogens (tertiary/aromatic N) is 4. The van der Waals surface area contributed by atoms with Gasteiger partial charge in [-0.1, -0.05) is 11.3 Å². The number of rotatable bonds is 3. The summed E-state index contributed by atoms with van der Waals surface area (Å²) in [4.78, 5) is 19.2. The van der Waals surface area contributed by atoms with Crippen LogP contribution in [0.2, 0.25) is 0 Å². The molecular formula is C7H6BrN5OS. The summed E-state index contributed by atoms with van der Waals surface area (Å²) in [5.41, 5.74) is 0. The van der Waals surface area contributed by atoms with Crippen molar-refractivity contribution in [1.82, 2.24) is 19.7 Å². The number of anilines is 1. The number of thiazole rings is 1. The molecule has 0 aliphatic heterocycles.